The van der Waals surface area contributed by atoms with Crippen LogP contribution in [0.4, 0.5) is 0 Å². The van der Waals surface area contributed by atoms with E-state index in [0.717, 1.165) is 77.0 Å². The molecule has 9 heteroatoms. The van der Waals surface area contributed by atoms with Crippen LogP contribution in [0.5, 0.6) is 0 Å². The number of allylic oxidation sites excluding steroid dienone is 12. The van der Waals surface area contributed by atoms with Gasteiger partial charge in [0.2, 0.25) is 0 Å². The summed E-state index contributed by atoms with van der Waals surface area (Å²) < 4.78 is 22.8. The molecule has 0 aliphatic heterocycles. The SMILES string of the molecule is CC/C=C\C/C=C\C/C=C\C/C=C\CCCCCCC(=O)OC(COC(=O)CCCCCCCCCCCCCCCCC/C=C\C/C=C\CCCCCCC)COC(OCC[N+](C)(C)C)C(=O)O. The summed E-state index contributed by atoms with van der Waals surface area (Å²) in [5.41, 5.74) is 0. The molecular formula is C60H106NO8+. The Kier molecular flexibility index (Phi) is 48.7. The molecule has 0 rings (SSSR count). The molecule has 2 atom stereocenters. The fourth-order valence-electron chi connectivity index (χ4n) is 7.62. The molecule has 2 unspecified atom stereocenters. The van der Waals surface area contributed by atoms with Gasteiger partial charge in [0.05, 0.1) is 34.4 Å². The smallest absolute Gasteiger partial charge is 0.361 e. The number of likely N-dealkylation sites (N-methyl/N-ethyl adjacent to an activating group) is 1. The van der Waals surface area contributed by atoms with Gasteiger partial charge < -0.3 is 28.5 Å². The third kappa shape index (κ3) is 52.4. The van der Waals surface area contributed by atoms with Crippen molar-refractivity contribution >= 4 is 17.9 Å². The quantitative estimate of drug-likeness (QED) is 0.0211. The maximum atomic E-state index is 12.8. The molecule has 0 fully saturated rings. The van der Waals surface area contributed by atoms with Gasteiger partial charge in [-0.3, -0.25) is 9.59 Å². The summed E-state index contributed by atoms with van der Waals surface area (Å²) in [6.07, 6.45) is 62.7. The number of carbonyl (C=O) groups excluding carboxylic acids is 2. The van der Waals surface area contributed by atoms with Crippen molar-refractivity contribution in [1.82, 2.24) is 0 Å². The van der Waals surface area contributed by atoms with Gasteiger partial charge in [0, 0.05) is 12.8 Å². The van der Waals surface area contributed by atoms with Gasteiger partial charge in [-0.1, -0.05) is 209 Å². The van der Waals surface area contributed by atoms with Crippen LogP contribution < -0.4 is 0 Å². The Morgan fingerprint density at radius 2 is 0.826 bits per heavy atom. The van der Waals surface area contributed by atoms with Gasteiger partial charge in [-0.25, -0.2) is 4.79 Å². The van der Waals surface area contributed by atoms with Crippen molar-refractivity contribution in [2.75, 3.05) is 47.5 Å². The molecule has 0 aromatic rings. The highest BCUT2D eigenvalue weighted by atomic mass is 16.7. The number of aliphatic carboxylic acids is 1. The monoisotopic (exact) mass is 969 g/mol. The Bertz CT molecular complexity index is 1360. The molecule has 0 radical (unpaired) electrons. The van der Waals surface area contributed by atoms with Crippen molar-refractivity contribution in [3.8, 4) is 0 Å². The second-order valence-corrected chi connectivity index (χ2v) is 19.9. The summed E-state index contributed by atoms with van der Waals surface area (Å²) in [5, 5.41) is 9.69. The molecule has 9 nitrogen and oxygen atoms in total. The zero-order chi connectivity index (χ0) is 50.6. The van der Waals surface area contributed by atoms with E-state index >= 15 is 0 Å². The molecule has 0 aliphatic carbocycles. The first-order chi connectivity index (χ1) is 33.6. The molecule has 69 heavy (non-hydrogen) atoms. The van der Waals surface area contributed by atoms with Crippen LogP contribution >= 0.6 is 0 Å². The normalized spacial score (nSPS) is 13.3. The third-order valence-corrected chi connectivity index (χ3v) is 11.9. The maximum Gasteiger partial charge on any atom is 0.361 e. The second kappa shape index (κ2) is 51.1. The van der Waals surface area contributed by atoms with E-state index in [4.69, 9.17) is 18.9 Å². The Balaban J connectivity index is 4.24. The molecule has 0 saturated heterocycles. The summed E-state index contributed by atoms with van der Waals surface area (Å²) in [6, 6.07) is 0. The topological polar surface area (TPSA) is 108 Å². The highest BCUT2D eigenvalue weighted by molar-refractivity contribution is 5.71. The number of ether oxygens (including phenoxy) is 4. The van der Waals surface area contributed by atoms with E-state index in [9.17, 15) is 19.5 Å². The number of carboxylic acids is 1. The van der Waals surface area contributed by atoms with Crippen LogP contribution in [0.25, 0.3) is 0 Å². The average molecular weight is 970 g/mol. The van der Waals surface area contributed by atoms with Gasteiger partial charge in [-0.15, -0.1) is 0 Å². The van der Waals surface area contributed by atoms with Gasteiger partial charge in [0.25, 0.3) is 6.29 Å². The molecule has 0 aromatic carbocycles. The molecular weight excluding hydrogens is 863 g/mol. The zero-order valence-electron chi connectivity index (χ0n) is 45.2. The maximum absolute atomic E-state index is 12.8. The van der Waals surface area contributed by atoms with Gasteiger partial charge >= 0.3 is 17.9 Å². The summed E-state index contributed by atoms with van der Waals surface area (Å²) in [5.74, 6) is -2.04. The fourth-order valence-corrected chi connectivity index (χ4v) is 7.62. The summed E-state index contributed by atoms with van der Waals surface area (Å²) in [6.45, 7) is 4.73. The number of rotatable bonds is 51. The van der Waals surface area contributed by atoms with E-state index in [0.29, 0.717) is 23.9 Å². The number of quaternary nitrogens is 1. The van der Waals surface area contributed by atoms with Crippen molar-refractivity contribution in [3.63, 3.8) is 0 Å². The largest absolute Gasteiger partial charge is 0.477 e. The number of carbonyl (C=O) groups is 3. The third-order valence-electron chi connectivity index (χ3n) is 11.9. The summed E-state index contributed by atoms with van der Waals surface area (Å²) in [4.78, 5) is 37.4. The minimum atomic E-state index is -1.52. The lowest BCUT2D eigenvalue weighted by Gasteiger charge is -2.25. The number of hydrogen-bond donors (Lipinski definition) is 1. The molecule has 398 valence electrons. The van der Waals surface area contributed by atoms with E-state index in [1.807, 2.05) is 21.1 Å². The van der Waals surface area contributed by atoms with Crippen LogP contribution in [0.2, 0.25) is 0 Å². The van der Waals surface area contributed by atoms with Crippen molar-refractivity contribution in [1.29, 1.82) is 0 Å². The van der Waals surface area contributed by atoms with Crippen LogP contribution in [0.1, 0.15) is 232 Å². The minimum absolute atomic E-state index is 0.180. The van der Waals surface area contributed by atoms with Crippen LogP contribution in [-0.4, -0.2) is 87.4 Å². The van der Waals surface area contributed by atoms with Crippen LogP contribution in [0.15, 0.2) is 72.9 Å². The van der Waals surface area contributed by atoms with E-state index in [2.05, 4.69) is 86.8 Å². The number of nitrogens with zero attached hydrogens (tertiary/aromatic N) is 1. The number of hydrogen-bond acceptors (Lipinski definition) is 7. The zero-order valence-corrected chi connectivity index (χ0v) is 45.2. The van der Waals surface area contributed by atoms with E-state index < -0.39 is 24.3 Å². The lowest BCUT2D eigenvalue weighted by Crippen LogP contribution is -2.40. The van der Waals surface area contributed by atoms with Crippen LogP contribution in [0.3, 0.4) is 0 Å². The molecule has 0 bridgehead atoms. The van der Waals surface area contributed by atoms with E-state index in [-0.39, 0.29) is 32.2 Å². The Labute approximate surface area is 424 Å². The predicted octanol–water partition coefficient (Wildman–Crippen LogP) is 16.2. The van der Waals surface area contributed by atoms with Gasteiger partial charge in [0.1, 0.15) is 13.2 Å². The molecule has 0 aliphatic rings. The minimum Gasteiger partial charge on any atom is -0.477 e. The van der Waals surface area contributed by atoms with Crippen LogP contribution in [-0.2, 0) is 33.3 Å². The van der Waals surface area contributed by atoms with Gasteiger partial charge in [0.15, 0.2) is 6.10 Å². The highest BCUT2D eigenvalue weighted by Gasteiger charge is 2.25. The van der Waals surface area contributed by atoms with Gasteiger partial charge in [-0.05, 0) is 83.5 Å². The first-order valence-electron chi connectivity index (χ1n) is 28.1. The van der Waals surface area contributed by atoms with Crippen molar-refractivity contribution < 1.29 is 42.9 Å². The van der Waals surface area contributed by atoms with Crippen molar-refractivity contribution in [2.24, 2.45) is 0 Å². The molecule has 0 heterocycles. The molecule has 0 spiro atoms. The first kappa shape index (κ1) is 65.7. The summed E-state index contributed by atoms with van der Waals surface area (Å²) in [7, 11) is 5.95. The predicted molar refractivity (Wildman–Crippen MR) is 290 cm³/mol. The first-order valence-corrected chi connectivity index (χ1v) is 28.1. The molecule has 0 amide bonds. The van der Waals surface area contributed by atoms with Crippen molar-refractivity contribution in [3.05, 3.63) is 72.9 Å². The highest BCUT2D eigenvalue weighted by Crippen LogP contribution is 2.16. The number of carboxylic acid groups (broad SMARTS) is 1. The number of esters is 2. The lowest BCUT2D eigenvalue weighted by molar-refractivity contribution is -0.870. The molecule has 0 aromatic heterocycles. The summed E-state index contributed by atoms with van der Waals surface area (Å²) >= 11 is 0. The Morgan fingerprint density at radius 3 is 1.23 bits per heavy atom. The van der Waals surface area contributed by atoms with Crippen molar-refractivity contribution in [2.45, 2.75) is 245 Å². The van der Waals surface area contributed by atoms with E-state index in [1.165, 1.54) is 122 Å². The van der Waals surface area contributed by atoms with E-state index in [1.54, 1.807) is 0 Å². The molecule has 1 N–H and O–H groups in total. The second-order valence-electron chi connectivity index (χ2n) is 19.9. The van der Waals surface area contributed by atoms with Gasteiger partial charge in [-0.2, -0.15) is 0 Å². The molecule has 0 saturated carbocycles. The van der Waals surface area contributed by atoms with Crippen LogP contribution in [0, 0.1) is 0 Å². The Morgan fingerprint density at radius 1 is 0.449 bits per heavy atom. The Hall–Kier alpha value is -3.27. The average Bonchev–Trinajstić information content (AvgIpc) is 3.31. The standard InChI is InChI=1S/C60H105NO8/c1-6-8-10-12-14-16-18-20-22-24-25-26-27-28-29-30-31-32-33-35-36-38-40-42-44-46-48-50-57(62)67-54-56(55-68-60(59(64)65)66-53-52-61(3,4)5)69-58(63)51-49-47-45-43-41-39-37-34-23-21-19-17-15-13-11-9-7-2/h9,11,15,17-18,20-21,23-25,37,39,56,60H,6-8,10,12-14,16,19,22,26-36,38,40-55H2,1-5H3/p+1/b11-9-,17-15-,20-18-,23-21-,25-24-,39-37-. The number of unbranched alkanes of at least 4 members (excludes halogenated alkanes) is 24. The lowest BCUT2D eigenvalue weighted by atomic mass is 10.0. The fraction of sp³-hybridized carbons (Fsp3) is 0.750.